The second-order valence-electron chi connectivity index (χ2n) is 8.63. The van der Waals surface area contributed by atoms with Gasteiger partial charge in [0.05, 0.1) is 6.61 Å². The molecule has 2 aliphatic heterocycles. The van der Waals surface area contributed by atoms with E-state index in [4.69, 9.17) is 9.15 Å². The van der Waals surface area contributed by atoms with Crippen LogP contribution in [-0.2, 0) is 17.8 Å². The number of hydrogen-bond acceptors (Lipinski definition) is 7. The van der Waals surface area contributed by atoms with Crippen molar-refractivity contribution in [2.75, 3.05) is 32.8 Å². The number of carbonyl (C=O) groups is 1. The molecule has 0 atom stereocenters. The van der Waals surface area contributed by atoms with Crippen molar-refractivity contribution < 1.29 is 19.1 Å². The Bertz CT molecular complexity index is 988. The van der Waals surface area contributed by atoms with E-state index in [2.05, 4.69) is 9.80 Å². The van der Waals surface area contributed by atoms with Crippen molar-refractivity contribution in [3.05, 3.63) is 39.2 Å². The summed E-state index contributed by atoms with van der Waals surface area (Å²) >= 11 is 0. The molecule has 2 saturated heterocycles. The average Bonchev–Trinajstić information content (AvgIpc) is 2.78. The van der Waals surface area contributed by atoms with Gasteiger partial charge in [0.1, 0.15) is 5.56 Å². The lowest BCUT2D eigenvalue weighted by Gasteiger charge is -2.29. The zero-order valence-corrected chi connectivity index (χ0v) is 18.3. The van der Waals surface area contributed by atoms with Gasteiger partial charge in [-0.25, -0.2) is 9.59 Å². The van der Waals surface area contributed by atoms with Crippen LogP contribution in [0.4, 0.5) is 0 Å². The zero-order chi connectivity index (χ0) is 21.8. The summed E-state index contributed by atoms with van der Waals surface area (Å²) in [6, 6.07) is 3.55. The van der Waals surface area contributed by atoms with E-state index in [1.807, 2.05) is 6.07 Å². The summed E-state index contributed by atoms with van der Waals surface area (Å²) in [6.45, 7) is 7.24. The highest BCUT2D eigenvalue weighted by Gasteiger charge is 2.23. The van der Waals surface area contributed by atoms with Crippen molar-refractivity contribution in [3.63, 3.8) is 0 Å². The van der Waals surface area contributed by atoms with Gasteiger partial charge in [0.25, 0.3) is 0 Å². The van der Waals surface area contributed by atoms with Crippen LogP contribution in [0.15, 0.2) is 21.3 Å². The lowest BCUT2D eigenvalue weighted by Crippen LogP contribution is -2.30. The number of esters is 1. The van der Waals surface area contributed by atoms with Gasteiger partial charge in [0.15, 0.2) is 11.3 Å². The Morgan fingerprint density at radius 2 is 1.55 bits per heavy atom. The first kappa shape index (κ1) is 21.8. The van der Waals surface area contributed by atoms with E-state index in [-0.39, 0.29) is 23.5 Å². The Morgan fingerprint density at radius 1 is 0.968 bits per heavy atom. The summed E-state index contributed by atoms with van der Waals surface area (Å²) in [7, 11) is 0. The third-order valence-electron chi connectivity index (χ3n) is 6.34. The first-order chi connectivity index (χ1) is 15.1. The summed E-state index contributed by atoms with van der Waals surface area (Å²) in [5.41, 5.74) is 1.00. The second kappa shape index (κ2) is 9.83. The normalized spacial score (nSPS) is 18.4. The first-order valence-corrected chi connectivity index (χ1v) is 11.5. The van der Waals surface area contributed by atoms with E-state index in [9.17, 15) is 14.7 Å². The standard InChI is InChI=1S/C24H32N2O5/c1-2-30-23(28)20-14-19-17(15-25-9-5-3-6-10-25)13-18(16-26-11-7-4-8-12-26)21(27)22(19)31-24(20)29/h13-14,27H,2-12,15-16H2,1H3. The van der Waals surface area contributed by atoms with Crippen LogP contribution in [-0.4, -0.2) is 53.7 Å². The highest BCUT2D eigenvalue weighted by molar-refractivity contribution is 5.95. The van der Waals surface area contributed by atoms with Crippen molar-refractivity contribution in [1.82, 2.24) is 9.80 Å². The summed E-state index contributed by atoms with van der Waals surface area (Å²) in [4.78, 5) is 29.5. The summed E-state index contributed by atoms with van der Waals surface area (Å²) < 4.78 is 10.5. The summed E-state index contributed by atoms with van der Waals surface area (Å²) in [6.07, 6.45) is 7.14. The van der Waals surface area contributed by atoms with Crippen LogP contribution < -0.4 is 5.63 Å². The molecular formula is C24H32N2O5. The zero-order valence-electron chi connectivity index (χ0n) is 18.3. The lowest BCUT2D eigenvalue weighted by atomic mass is 10.00. The average molecular weight is 429 g/mol. The molecule has 0 unspecified atom stereocenters. The molecule has 0 aliphatic carbocycles. The van der Waals surface area contributed by atoms with Crippen molar-refractivity contribution in [1.29, 1.82) is 0 Å². The maximum Gasteiger partial charge on any atom is 0.351 e. The van der Waals surface area contributed by atoms with Crippen LogP contribution in [0.3, 0.4) is 0 Å². The monoisotopic (exact) mass is 428 g/mol. The van der Waals surface area contributed by atoms with Gasteiger partial charge in [-0.2, -0.15) is 0 Å². The summed E-state index contributed by atoms with van der Waals surface area (Å²) in [5, 5.41) is 11.6. The van der Waals surface area contributed by atoms with E-state index in [1.54, 1.807) is 6.92 Å². The molecule has 2 aromatic rings. The lowest BCUT2D eigenvalue weighted by molar-refractivity contribution is 0.0521. The predicted octanol–water partition coefficient (Wildman–Crippen LogP) is 3.65. The summed E-state index contributed by atoms with van der Waals surface area (Å²) in [5.74, 6) is -0.700. The maximum atomic E-state index is 12.5. The molecule has 2 aliphatic rings. The van der Waals surface area contributed by atoms with E-state index < -0.39 is 11.6 Å². The van der Waals surface area contributed by atoms with Crippen LogP contribution in [0, 0.1) is 0 Å². The van der Waals surface area contributed by atoms with Crippen molar-refractivity contribution in [3.8, 4) is 5.75 Å². The number of likely N-dealkylation sites (tertiary alicyclic amines) is 2. The maximum absolute atomic E-state index is 12.5. The first-order valence-electron chi connectivity index (χ1n) is 11.5. The van der Waals surface area contributed by atoms with Crippen molar-refractivity contribution >= 4 is 16.9 Å². The minimum atomic E-state index is -0.778. The van der Waals surface area contributed by atoms with Gasteiger partial charge in [0.2, 0.25) is 0 Å². The number of hydrogen-bond donors (Lipinski definition) is 1. The number of carbonyl (C=O) groups excluding carboxylic acids is 1. The van der Waals surface area contributed by atoms with Crippen molar-refractivity contribution in [2.24, 2.45) is 0 Å². The highest BCUT2D eigenvalue weighted by Crippen LogP contribution is 2.34. The number of phenols is 1. The Balaban J connectivity index is 1.77. The molecular weight excluding hydrogens is 396 g/mol. The molecule has 1 aromatic carbocycles. The third kappa shape index (κ3) is 4.93. The smallest absolute Gasteiger partial charge is 0.351 e. The Morgan fingerprint density at radius 3 is 2.13 bits per heavy atom. The molecule has 168 valence electrons. The fraction of sp³-hybridized carbons (Fsp3) is 0.583. The van der Waals surface area contributed by atoms with E-state index in [0.717, 1.165) is 50.1 Å². The van der Waals surface area contributed by atoms with Crippen LogP contribution in [0.1, 0.15) is 66.9 Å². The van der Waals surface area contributed by atoms with Gasteiger partial charge < -0.3 is 14.3 Å². The molecule has 0 radical (unpaired) electrons. The highest BCUT2D eigenvalue weighted by atomic mass is 16.5. The number of fused-ring (bicyclic) bond motifs is 1. The molecule has 1 aromatic heterocycles. The van der Waals surface area contributed by atoms with Gasteiger partial charge >= 0.3 is 11.6 Å². The van der Waals surface area contributed by atoms with Crippen LogP contribution in [0.25, 0.3) is 11.0 Å². The van der Waals surface area contributed by atoms with Crippen LogP contribution in [0.2, 0.25) is 0 Å². The quantitative estimate of drug-likeness (QED) is 0.555. The number of nitrogens with zero attached hydrogens (tertiary/aromatic N) is 2. The largest absolute Gasteiger partial charge is 0.504 e. The molecule has 31 heavy (non-hydrogen) atoms. The Labute approximate surface area is 182 Å². The molecule has 7 nitrogen and oxygen atoms in total. The topological polar surface area (TPSA) is 83.2 Å². The SMILES string of the molecule is CCOC(=O)c1cc2c(CN3CCCCC3)cc(CN3CCCCC3)c(O)c2oc1=O. The van der Waals surface area contributed by atoms with Gasteiger partial charge in [-0.15, -0.1) is 0 Å². The number of benzene rings is 1. The molecule has 4 rings (SSSR count). The second-order valence-corrected chi connectivity index (χ2v) is 8.63. The van der Waals surface area contributed by atoms with Crippen LogP contribution >= 0.6 is 0 Å². The molecule has 0 spiro atoms. The van der Waals surface area contributed by atoms with Gasteiger partial charge in [-0.05, 0) is 76.5 Å². The Hall–Kier alpha value is -2.38. The fourth-order valence-corrected chi connectivity index (χ4v) is 4.71. The molecule has 0 amide bonds. The molecule has 0 bridgehead atoms. The van der Waals surface area contributed by atoms with Crippen LogP contribution in [0.5, 0.6) is 5.75 Å². The molecule has 3 heterocycles. The number of aromatic hydroxyl groups is 1. The fourth-order valence-electron chi connectivity index (χ4n) is 4.71. The van der Waals surface area contributed by atoms with E-state index in [1.165, 1.54) is 31.7 Å². The Kier molecular flexibility index (Phi) is 6.92. The number of phenolic OH excluding ortho intramolecular Hbond substituents is 1. The molecule has 0 saturated carbocycles. The van der Waals surface area contributed by atoms with Gasteiger partial charge in [0, 0.05) is 24.0 Å². The number of ether oxygens (including phenoxy) is 1. The number of piperidine rings is 2. The molecule has 7 heteroatoms. The third-order valence-corrected chi connectivity index (χ3v) is 6.34. The molecule has 1 N–H and O–H groups in total. The molecule has 2 fully saturated rings. The van der Waals surface area contributed by atoms with Crippen molar-refractivity contribution in [2.45, 2.75) is 58.5 Å². The number of rotatable bonds is 6. The minimum absolute atomic E-state index is 0.00419. The predicted molar refractivity (Wildman–Crippen MR) is 118 cm³/mol. The van der Waals surface area contributed by atoms with E-state index in [0.29, 0.717) is 18.5 Å². The van der Waals surface area contributed by atoms with Gasteiger partial charge in [-0.3, -0.25) is 9.80 Å². The van der Waals surface area contributed by atoms with Gasteiger partial charge in [-0.1, -0.05) is 12.8 Å². The van der Waals surface area contributed by atoms with E-state index >= 15 is 0 Å². The minimum Gasteiger partial charge on any atom is -0.504 e.